The molecule has 122 valence electrons. The summed E-state index contributed by atoms with van der Waals surface area (Å²) in [4.78, 5) is 27.0. The normalized spacial score (nSPS) is 10.6. The summed E-state index contributed by atoms with van der Waals surface area (Å²) in [5.74, 6) is -0.287. The number of anilines is 1. The maximum atomic E-state index is 12.4. The lowest BCUT2D eigenvalue weighted by atomic mass is 10.2. The van der Waals surface area contributed by atoms with Crippen LogP contribution in [0.2, 0.25) is 0 Å². The molecule has 0 aliphatic rings. The third-order valence-corrected chi connectivity index (χ3v) is 4.26. The predicted octanol–water partition coefficient (Wildman–Crippen LogP) is 3.62. The molecule has 0 spiro atoms. The Hall–Kier alpha value is -3.00. The molecule has 0 fully saturated rings. The Kier molecular flexibility index (Phi) is 4.13. The van der Waals surface area contributed by atoms with E-state index >= 15 is 0 Å². The van der Waals surface area contributed by atoms with Gasteiger partial charge in [0.15, 0.2) is 0 Å². The van der Waals surface area contributed by atoms with Crippen LogP contribution in [0, 0.1) is 17.0 Å². The summed E-state index contributed by atoms with van der Waals surface area (Å²) in [6.45, 7) is 1.93. The summed E-state index contributed by atoms with van der Waals surface area (Å²) >= 11 is 1.55. The van der Waals surface area contributed by atoms with Crippen LogP contribution in [0.4, 0.5) is 11.4 Å². The summed E-state index contributed by atoms with van der Waals surface area (Å²) in [7, 11) is 1.79. The van der Waals surface area contributed by atoms with Gasteiger partial charge in [-0.1, -0.05) is 0 Å². The van der Waals surface area contributed by atoms with Crippen molar-refractivity contribution in [1.82, 2.24) is 9.55 Å². The number of nitrogens with one attached hydrogen (secondary N) is 1. The molecule has 0 aliphatic heterocycles. The number of benzene rings is 1. The van der Waals surface area contributed by atoms with Crippen LogP contribution in [0.15, 0.2) is 41.9 Å². The maximum absolute atomic E-state index is 12.4. The lowest BCUT2D eigenvalue weighted by Crippen LogP contribution is -2.15. The lowest BCUT2D eigenvalue weighted by Gasteiger charge is -2.05. The number of carbonyl (C=O) groups is 1. The molecule has 0 radical (unpaired) electrons. The minimum Gasteiger partial charge on any atom is -0.346 e. The van der Waals surface area contributed by atoms with E-state index in [1.54, 1.807) is 29.0 Å². The second-order valence-corrected chi connectivity index (χ2v) is 6.30. The first-order chi connectivity index (χ1) is 11.4. The van der Waals surface area contributed by atoms with Crippen molar-refractivity contribution in [3.8, 4) is 11.3 Å². The van der Waals surface area contributed by atoms with Crippen LogP contribution in [0.25, 0.3) is 11.3 Å². The monoisotopic (exact) mass is 342 g/mol. The van der Waals surface area contributed by atoms with Crippen LogP contribution >= 0.6 is 11.3 Å². The van der Waals surface area contributed by atoms with Crippen LogP contribution in [-0.2, 0) is 7.05 Å². The summed E-state index contributed by atoms with van der Waals surface area (Å²) in [6.07, 6.45) is 1.85. The van der Waals surface area contributed by atoms with Crippen LogP contribution in [0.1, 0.15) is 15.5 Å². The van der Waals surface area contributed by atoms with Crippen molar-refractivity contribution in [2.45, 2.75) is 6.92 Å². The Morgan fingerprint density at radius 3 is 2.62 bits per heavy atom. The van der Waals surface area contributed by atoms with Gasteiger partial charge in [0, 0.05) is 42.0 Å². The van der Waals surface area contributed by atoms with E-state index in [-0.39, 0.29) is 11.6 Å². The first kappa shape index (κ1) is 15.9. The Labute approximate surface area is 141 Å². The number of amides is 1. The highest BCUT2D eigenvalue weighted by atomic mass is 32.1. The molecule has 0 saturated heterocycles. The number of nitro benzene ring substituents is 1. The van der Waals surface area contributed by atoms with E-state index < -0.39 is 4.92 Å². The average molecular weight is 342 g/mol. The highest BCUT2D eigenvalue weighted by Crippen LogP contribution is 2.24. The van der Waals surface area contributed by atoms with E-state index in [0.717, 1.165) is 16.3 Å². The zero-order chi connectivity index (χ0) is 17.3. The number of hydrogen-bond acceptors (Lipinski definition) is 5. The average Bonchev–Trinajstić information content (AvgIpc) is 3.13. The number of carbonyl (C=O) groups excluding carboxylic acids is 1. The number of nitro groups is 1. The van der Waals surface area contributed by atoms with E-state index in [1.165, 1.54) is 24.3 Å². The second kappa shape index (κ2) is 6.25. The van der Waals surface area contributed by atoms with Gasteiger partial charge in [-0.25, -0.2) is 4.98 Å². The van der Waals surface area contributed by atoms with Gasteiger partial charge < -0.3 is 9.88 Å². The molecule has 7 nitrogen and oxygen atoms in total. The minimum absolute atomic E-state index is 0.0203. The van der Waals surface area contributed by atoms with Crippen molar-refractivity contribution in [2.75, 3.05) is 5.32 Å². The molecule has 0 atom stereocenters. The first-order valence-electron chi connectivity index (χ1n) is 7.09. The molecule has 24 heavy (non-hydrogen) atoms. The Bertz CT molecular complexity index is 912. The molecule has 0 saturated carbocycles. The smallest absolute Gasteiger partial charge is 0.272 e. The second-order valence-electron chi connectivity index (χ2n) is 5.23. The number of aromatic nitrogens is 2. The van der Waals surface area contributed by atoms with E-state index in [2.05, 4.69) is 10.3 Å². The van der Waals surface area contributed by atoms with Gasteiger partial charge in [-0.15, -0.1) is 11.3 Å². The van der Waals surface area contributed by atoms with Crippen LogP contribution in [0.3, 0.4) is 0 Å². The van der Waals surface area contributed by atoms with Gasteiger partial charge in [-0.05, 0) is 25.1 Å². The fraction of sp³-hybridized carbons (Fsp3) is 0.125. The molecule has 2 aromatic heterocycles. The van der Waals surface area contributed by atoms with Crippen LogP contribution < -0.4 is 5.32 Å². The molecule has 3 aromatic rings. The van der Waals surface area contributed by atoms with Gasteiger partial charge in [0.05, 0.1) is 15.6 Å². The van der Waals surface area contributed by atoms with Crippen molar-refractivity contribution < 1.29 is 9.72 Å². The summed E-state index contributed by atoms with van der Waals surface area (Å²) in [6, 6.07) is 7.48. The third kappa shape index (κ3) is 3.18. The van der Waals surface area contributed by atoms with Gasteiger partial charge in [-0.2, -0.15) is 0 Å². The summed E-state index contributed by atoms with van der Waals surface area (Å²) in [5.41, 5.74) is 2.66. The molecule has 0 bridgehead atoms. The zero-order valence-electron chi connectivity index (χ0n) is 13.0. The van der Waals surface area contributed by atoms with Gasteiger partial charge in [0.2, 0.25) is 0 Å². The largest absolute Gasteiger partial charge is 0.346 e. The molecule has 1 aromatic carbocycles. The molecule has 1 amide bonds. The molecule has 2 heterocycles. The van der Waals surface area contributed by atoms with Crippen molar-refractivity contribution in [3.63, 3.8) is 0 Å². The summed E-state index contributed by atoms with van der Waals surface area (Å²) < 4.78 is 1.73. The molecule has 8 heteroatoms. The Morgan fingerprint density at radius 2 is 2.04 bits per heavy atom. The molecule has 1 N–H and O–H groups in total. The maximum Gasteiger partial charge on any atom is 0.272 e. The number of non-ortho nitro benzene ring substituents is 1. The lowest BCUT2D eigenvalue weighted by molar-refractivity contribution is -0.384. The number of aryl methyl sites for hydroxylation is 2. The highest BCUT2D eigenvalue weighted by molar-refractivity contribution is 7.09. The summed E-state index contributed by atoms with van der Waals surface area (Å²) in [5, 5.41) is 16.3. The molecular formula is C16H14N4O3S. The van der Waals surface area contributed by atoms with Crippen molar-refractivity contribution in [1.29, 1.82) is 0 Å². The minimum atomic E-state index is -0.481. The highest BCUT2D eigenvalue weighted by Gasteiger charge is 2.15. The van der Waals surface area contributed by atoms with Crippen LogP contribution in [-0.4, -0.2) is 20.4 Å². The van der Waals surface area contributed by atoms with E-state index in [1.807, 2.05) is 18.5 Å². The van der Waals surface area contributed by atoms with Gasteiger partial charge in [0.1, 0.15) is 5.69 Å². The van der Waals surface area contributed by atoms with Crippen molar-refractivity contribution >= 4 is 28.6 Å². The fourth-order valence-electron chi connectivity index (χ4n) is 2.29. The van der Waals surface area contributed by atoms with Gasteiger partial charge >= 0.3 is 0 Å². The fourth-order valence-corrected chi connectivity index (χ4v) is 2.91. The Balaban J connectivity index is 1.80. The van der Waals surface area contributed by atoms with Gasteiger partial charge in [-0.3, -0.25) is 14.9 Å². The predicted molar refractivity (Wildman–Crippen MR) is 92.3 cm³/mol. The van der Waals surface area contributed by atoms with Crippen LogP contribution in [0.5, 0.6) is 0 Å². The van der Waals surface area contributed by atoms with Crippen molar-refractivity contribution in [2.24, 2.45) is 7.05 Å². The quantitative estimate of drug-likeness (QED) is 0.579. The standard InChI is InChI=1S/C16H14N4O3S/c1-10-17-14(9-24-10)11-7-15(19(2)8-11)16(21)18-12-3-5-13(6-4-12)20(22)23/h3-9H,1-2H3,(H,18,21). The number of nitrogens with zero attached hydrogens (tertiary/aromatic N) is 3. The third-order valence-electron chi connectivity index (χ3n) is 3.49. The number of rotatable bonds is 4. The number of hydrogen-bond donors (Lipinski definition) is 1. The molecular weight excluding hydrogens is 328 g/mol. The topological polar surface area (TPSA) is 90.1 Å². The van der Waals surface area contributed by atoms with Gasteiger partial charge in [0.25, 0.3) is 11.6 Å². The molecule has 3 rings (SSSR count). The van der Waals surface area contributed by atoms with E-state index in [9.17, 15) is 14.9 Å². The Morgan fingerprint density at radius 1 is 1.33 bits per heavy atom. The van der Waals surface area contributed by atoms with E-state index in [4.69, 9.17) is 0 Å². The van der Waals surface area contributed by atoms with E-state index in [0.29, 0.717) is 11.4 Å². The SMILES string of the molecule is Cc1nc(-c2cc(C(=O)Nc3ccc([N+](=O)[O-])cc3)n(C)c2)cs1. The molecule has 0 aliphatic carbocycles. The van der Waals surface area contributed by atoms with Crippen molar-refractivity contribution in [3.05, 3.63) is 62.7 Å². The first-order valence-corrected chi connectivity index (χ1v) is 7.96. The zero-order valence-corrected chi connectivity index (χ0v) is 13.8. The number of thiazole rings is 1. The molecule has 0 unspecified atom stereocenters.